The summed E-state index contributed by atoms with van der Waals surface area (Å²) in [4.78, 5) is 21.6. The lowest BCUT2D eigenvalue weighted by Crippen LogP contribution is -2.35. The van der Waals surface area contributed by atoms with Crippen LogP contribution in [0.1, 0.15) is 17.0 Å². The van der Waals surface area contributed by atoms with Gasteiger partial charge in [0.1, 0.15) is 23.5 Å². The third-order valence-electron chi connectivity index (χ3n) is 5.44. The van der Waals surface area contributed by atoms with Crippen molar-refractivity contribution in [2.24, 2.45) is 0 Å². The smallest absolute Gasteiger partial charge is 0.250 e. The first-order chi connectivity index (χ1) is 17.5. The monoisotopic (exact) mass is 504 g/mol. The molecule has 0 aliphatic rings. The molecular weight excluding hydrogens is 480 g/mol. The van der Waals surface area contributed by atoms with Crippen LogP contribution in [-0.4, -0.2) is 30.1 Å². The first-order valence-corrected chi connectivity index (χ1v) is 11.3. The second-order valence-corrected chi connectivity index (χ2v) is 8.07. The molecule has 4 rings (SSSR count). The number of nitrogens with two attached hydrogens (primary N) is 1. The van der Waals surface area contributed by atoms with Crippen LogP contribution in [0.3, 0.4) is 0 Å². The Labute approximate surface area is 213 Å². The van der Waals surface area contributed by atoms with Crippen molar-refractivity contribution in [3.8, 4) is 11.5 Å². The maximum atomic E-state index is 13.3. The summed E-state index contributed by atoms with van der Waals surface area (Å²) >= 11 is 6.27. The van der Waals surface area contributed by atoms with Crippen molar-refractivity contribution in [3.63, 3.8) is 0 Å². The molecule has 0 saturated heterocycles. The molecule has 1 heterocycles. The van der Waals surface area contributed by atoms with Gasteiger partial charge in [-0.25, -0.2) is 9.97 Å². The third-order valence-corrected chi connectivity index (χ3v) is 5.74. The van der Waals surface area contributed by atoms with Crippen molar-refractivity contribution in [3.05, 3.63) is 95.3 Å². The number of carbonyl (C=O) groups excluding carboxylic acids is 1. The average Bonchev–Trinajstić information content (AvgIpc) is 2.91. The topological polar surface area (TPSA) is 123 Å². The number of carbonyl (C=O) groups is 1. The maximum Gasteiger partial charge on any atom is 0.250 e. The molecule has 1 amide bonds. The van der Waals surface area contributed by atoms with E-state index in [9.17, 15) is 4.79 Å². The number of hydrogen-bond donors (Lipinski definition) is 4. The van der Waals surface area contributed by atoms with Gasteiger partial charge in [-0.05, 0) is 17.2 Å². The lowest BCUT2D eigenvalue weighted by Gasteiger charge is -2.19. The molecule has 36 heavy (non-hydrogen) atoms. The van der Waals surface area contributed by atoms with Gasteiger partial charge in [0.2, 0.25) is 5.91 Å². The van der Waals surface area contributed by atoms with E-state index in [1.807, 2.05) is 60.7 Å². The molecule has 5 N–H and O–H groups in total. The van der Waals surface area contributed by atoms with E-state index < -0.39 is 5.92 Å². The van der Waals surface area contributed by atoms with Gasteiger partial charge in [0.15, 0.2) is 11.6 Å². The Kier molecular flexibility index (Phi) is 7.72. The van der Waals surface area contributed by atoms with Crippen LogP contribution in [0.4, 0.5) is 23.0 Å². The van der Waals surface area contributed by atoms with E-state index in [0.29, 0.717) is 28.0 Å². The summed E-state index contributed by atoms with van der Waals surface area (Å²) in [6.45, 7) is 0. The predicted molar refractivity (Wildman–Crippen MR) is 141 cm³/mol. The summed E-state index contributed by atoms with van der Waals surface area (Å²) in [6.07, 6.45) is 1.32. The molecule has 184 valence electrons. The Bertz CT molecular complexity index is 1300. The van der Waals surface area contributed by atoms with E-state index in [0.717, 1.165) is 11.1 Å². The largest absolute Gasteiger partial charge is 0.495 e. The number of amides is 1. The molecule has 0 spiro atoms. The van der Waals surface area contributed by atoms with Gasteiger partial charge in [0.25, 0.3) is 0 Å². The molecule has 0 atom stereocenters. The van der Waals surface area contributed by atoms with Crippen LogP contribution < -0.4 is 31.4 Å². The standard InChI is InChI=1S/C26H25ClN6O3/c1-35-20-14-21(36-2)19(13-18(20)27)31-24-23(28)25(30-15-29-24)32-33-26(34)22(16-9-5-3-6-10-16)17-11-7-4-8-12-17/h3-15,22H,28H2,1-2H3,(H,33,34)(H2,29,30,31,32). The highest BCUT2D eigenvalue weighted by Gasteiger charge is 2.23. The maximum absolute atomic E-state index is 13.3. The summed E-state index contributed by atoms with van der Waals surface area (Å²) in [7, 11) is 3.04. The lowest BCUT2D eigenvalue weighted by molar-refractivity contribution is -0.121. The molecule has 3 aromatic carbocycles. The van der Waals surface area contributed by atoms with Crippen LogP contribution in [0.15, 0.2) is 79.1 Å². The molecule has 0 radical (unpaired) electrons. The number of anilines is 4. The summed E-state index contributed by atoms with van der Waals surface area (Å²) in [6, 6.07) is 22.3. The molecule has 0 saturated carbocycles. The number of aromatic nitrogens is 2. The number of hydrazine groups is 1. The Hall–Kier alpha value is -4.50. The zero-order chi connectivity index (χ0) is 25.5. The number of rotatable bonds is 9. The molecular formula is C26H25ClN6O3. The Balaban J connectivity index is 1.55. The third kappa shape index (κ3) is 5.42. The van der Waals surface area contributed by atoms with E-state index in [4.69, 9.17) is 26.8 Å². The molecule has 0 aliphatic heterocycles. The molecule has 0 unspecified atom stereocenters. The first kappa shape index (κ1) is 24.6. The molecule has 9 nitrogen and oxygen atoms in total. The van der Waals surface area contributed by atoms with Crippen LogP contribution in [0, 0.1) is 0 Å². The van der Waals surface area contributed by atoms with E-state index in [1.54, 1.807) is 12.1 Å². The van der Waals surface area contributed by atoms with Crippen LogP contribution in [0.25, 0.3) is 0 Å². The molecule has 0 aliphatic carbocycles. The number of halogens is 1. The minimum Gasteiger partial charge on any atom is -0.495 e. The average molecular weight is 505 g/mol. The zero-order valence-corrected chi connectivity index (χ0v) is 20.4. The molecule has 4 aromatic rings. The Morgan fingerprint density at radius 1 is 0.889 bits per heavy atom. The number of nitrogens with zero attached hydrogens (tertiary/aromatic N) is 2. The first-order valence-electron chi connectivity index (χ1n) is 11.0. The number of nitrogens with one attached hydrogen (secondary N) is 3. The van der Waals surface area contributed by atoms with Crippen molar-refractivity contribution in [1.82, 2.24) is 15.4 Å². The molecule has 0 bridgehead atoms. The number of benzene rings is 3. The SMILES string of the molecule is COc1cc(OC)c(Nc2ncnc(NNC(=O)C(c3ccccc3)c3ccccc3)c2N)cc1Cl. The fraction of sp³-hybridized carbons (Fsp3) is 0.115. The van der Waals surface area contributed by atoms with Crippen LogP contribution in [0.2, 0.25) is 5.02 Å². The highest BCUT2D eigenvalue weighted by Crippen LogP contribution is 2.38. The minimum atomic E-state index is -0.536. The number of nitrogen functional groups attached to an aromatic ring is 1. The fourth-order valence-electron chi connectivity index (χ4n) is 3.66. The number of ether oxygens (including phenoxy) is 2. The second kappa shape index (κ2) is 11.3. The normalized spacial score (nSPS) is 10.6. The van der Waals surface area contributed by atoms with E-state index in [2.05, 4.69) is 26.1 Å². The van der Waals surface area contributed by atoms with Crippen LogP contribution in [-0.2, 0) is 4.79 Å². The van der Waals surface area contributed by atoms with E-state index in [-0.39, 0.29) is 17.4 Å². The summed E-state index contributed by atoms with van der Waals surface area (Å²) in [5, 5.41) is 3.47. The molecule has 0 fully saturated rings. The quantitative estimate of drug-likeness (QED) is 0.241. The molecule has 1 aromatic heterocycles. The van der Waals surface area contributed by atoms with E-state index in [1.165, 1.54) is 20.5 Å². The lowest BCUT2D eigenvalue weighted by atomic mass is 9.91. The van der Waals surface area contributed by atoms with Crippen LogP contribution in [0.5, 0.6) is 11.5 Å². The highest BCUT2D eigenvalue weighted by molar-refractivity contribution is 6.32. The Morgan fingerprint density at radius 2 is 1.47 bits per heavy atom. The minimum absolute atomic E-state index is 0.183. The van der Waals surface area contributed by atoms with Gasteiger partial charge in [-0.1, -0.05) is 72.3 Å². The summed E-state index contributed by atoms with van der Waals surface area (Å²) in [5.74, 6) is 0.648. The van der Waals surface area contributed by atoms with Gasteiger partial charge in [-0.3, -0.25) is 15.6 Å². The summed E-state index contributed by atoms with van der Waals surface area (Å²) < 4.78 is 10.6. The fourth-order valence-corrected chi connectivity index (χ4v) is 3.90. The predicted octanol–water partition coefficient (Wildman–Crippen LogP) is 4.75. The number of hydrogen-bond acceptors (Lipinski definition) is 8. The van der Waals surface area contributed by atoms with Gasteiger partial charge < -0.3 is 20.5 Å². The van der Waals surface area contributed by atoms with Gasteiger partial charge in [-0.15, -0.1) is 0 Å². The van der Waals surface area contributed by atoms with E-state index >= 15 is 0 Å². The summed E-state index contributed by atoms with van der Waals surface area (Å²) in [5.41, 5.74) is 14.3. The number of methoxy groups -OCH3 is 2. The van der Waals surface area contributed by atoms with Crippen LogP contribution >= 0.6 is 11.6 Å². The van der Waals surface area contributed by atoms with Crippen molar-refractivity contribution < 1.29 is 14.3 Å². The van der Waals surface area contributed by atoms with Crippen molar-refractivity contribution >= 4 is 40.5 Å². The van der Waals surface area contributed by atoms with Crippen molar-refractivity contribution in [2.45, 2.75) is 5.92 Å². The van der Waals surface area contributed by atoms with Gasteiger partial charge >= 0.3 is 0 Å². The Morgan fingerprint density at radius 3 is 2.06 bits per heavy atom. The zero-order valence-electron chi connectivity index (χ0n) is 19.7. The van der Waals surface area contributed by atoms with Crippen molar-refractivity contribution in [1.29, 1.82) is 0 Å². The second-order valence-electron chi connectivity index (χ2n) is 7.67. The molecule has 10 heteroatoms. The van der Waals surface area contributed by atoms with Gasteiger partial charge in [0.05, 0.1) is 30.8 Å². The highest BCUT2D eigenvalue weighted by atomic mass is 35.5. The van der Waals surface area contributed by atoms with Crippen molar-refractivity contribution in [2.75, 3.05) is 30.7 Å². The van der Waals surface area contributed by atoms with Gasteiger partial charge in [-0.2, -0.15) is 0 Å². The van der Waals surface area contributed by atoms with Gasteiger partial charge in [0, 0.05) is 6.07 Å².